The number of benzene rings is 1. The zero-order chi connectivity index (χ0) is 15.7. The van der Waals surface area contributed by atoms with Gasteiger partial charge in [0, 0.05) is 28.6 Å². The van der Waals surface area contributed by atoms with Gasteiger partial charge in [0.1, 0.15) is 5.60 Å². The Morgan fingerprint density at radius 2 is 2.27 bits per heavy atom. The van der Waals surface area contributed by atoms with Gasteiger partial charge in [-0.25, -0.2) is 4.79 Å². The molecule has 1 N–H and O–H groups in total. The van der Waals surface area contributed by atoms with Crippen LogP contribution >= 0.6 is 11.8 Å². The van der Waals surface area contributed by atoms with Gasteiger partial charge in [-0.2, -0.15) is 5.10 Å². The number of likely N-dealkylation sites (tertiary alicyclic amines) is 1. The molecule has 3 rings (SSSR count). The third-order valence-electron chi connectivity index (χ3n) is 3.51. The van der Waals surface area contributed by atoms with Crippen LogP contribution in [0.2, 0.25) is 0 Å². The van der Waals surface area contributed by atoms with E-state index in [9.17, 15) is 4.79 Å². The number of rotatable bonds is 2. The highest BCUT2D eigenvalue weighted by molar-refractivity contribution is 8.00. The number of fused-ring (bicyclic) bond motifs is 1. The molecule has 1 fully saturated rings. The number of H-pyrrole nitrogens is 1. The molecule has 1 saturated heterocycles. The summed E-state index contributed by atoms with van der Waals surface area (Å²) >= 11 is 1.82. The van der Waals surface area contributed by atoms with E-state index >= 15 is 0 Å². The number of hydrogen-bond donors (Lipinski definition) is 1. The molecule has 5 nitrogen and oxygen atoms in total. The van der Waals surface area contributed by atoms with Crippen LogP contribution in [-0.4, -0.2) is 45.1 Å². The molecule has 0 spiro atoms. The summed E-state index contributed by atoms with van der Waals surface area (Å²) < 4.78 is 5.43. The molecule has 2 aromatic rings. The smallest absolute Gasteiger partial charge is 0.410 e. The van der Waals surface area contributed by atoms with E-state index in [1.165, 1.54) is 4.90 Å². The maximum absolute atomic E-state index is 12.1. The van der Waals surface area contributed by atoms with Crippen molar-refractivity contribution < 1.29 is 9.53 Å². The third-order valence-corrected chi connectivity index (χ3v) is 4.76. The molecule has 2 heterocycles. The predicted octanol–water partition coefficient (Wildman–Crippen LogP) is 3.66. The lowest BCUT2D eigenvalue weighted by atomic mass is 10.2. The number of aromatic amines is 1. The molecular weight excluding hydrogens is 298 g/mol. The van der Waals surface area contributed by atoms with Gasteiger partial charge in [0.25, 0.3) is 0 Å². The Morgan fingerprint density at radius 1 is 1.45 bits per heavy atom. The van der Waals surface area contributed by atoms with E-state index in [4.69, 9.17) is 4.74 Å². The van der Waals surface area contributed by atoms with Gasteiger partial charge in [0.05, 0.1) is 11.7 Å². The highest BCUT2D eigenvalue weighted by Gasteiger charge is 2.30. The average molecular weight is 319 g/mol. The zero-order valence-corrected chi connectivity index (χ0v) is 13.9. The minimum atomic E-state index is -0.436. The van der Waals surface area contributed by atoms with Crippen LogP contribution in [0.5, 0.6) is 0 Å². The molecule has 0 radical (unpaired) electrons. The molecule has 1 amide bonds. The first-order valence-electron chi connectivity index (χ1n) is 7.48. The number of carbonyl (C=O) groups excluding carboxylic acids is 1. The Labute approximate surface area is 134 Å². The topological polar surface area (TPSA) is 58.2 Å². The highest BCUT2D eigenvalue weighted by atomic mass is 32.2. The maximum Gasteiger partial charge on any atom is 0.410 e. The lowest BCUT2D eigenvalue weighted by Gasteiger charge is -2.24. The fourth-order valence-corrected chi connectivity index (χ4v) is 3.71. The quantitative estimate of drug-likeness (QED) is 0.917. The Bertz CT molecular complexity index is 677. The van der Waals surface area contributed by atoms with Gasteiger partial charge in [-0.15, -0.1) is 11.8 Å². The Balaban J connectivity index is 1.59. The van der Waals surface area contributed by atoms with Crippen LogP contribution in [0.25, 0.3) is 10.9 Å². The molecule has 1 aliphatic heterocycles. The van der Waals surface area contributed by atoms with Crippen LogP contribution in [0, 0.1) is 0 Å². The number of aromatic nitrogens is 2. The summed E-state index contributed by atoms with van der Waals surface area (Å²) in [5.74, 6) is 0. The van der Waals surface area contributed by atoms with E-state index in [0.717, 1.165) is 30.4 Å². The standard InChI is InChI=1S/C16H21N3O2S/c1-16(2,3)21-15(20)19-7-6-13(10-19)22-12-4-5-14-11(8-12)9-17-18-14/h4-5,8-9,13H,6-7,10H2,1-3H3,(H,17,18)/t13-/m0/s1. The Hall–Kier alpha value is -1.69. The monoisotopic (exact) mass is 319 g/mol. The largest absolute Gasteiger partial charge is 0.444 e. The van der Waals surface area contributed by atoms with Crippen molar-refractivity contribution in [3.05, 3.63) is 24.4 Å². The molecule has 0 bridgehead atoms. The summed E-state index contributed by atoms with van der Waals surface area (Å²) in [4.78, 5) is 15.1. The van der Waals surface area contributed by atoms with Crippen LogP contribution in [0.1, 0.15) is 27.2 Å². The van der Waals surface area contributed by atoms with Crippen LogP contribution in [0.4, 0.5) is 4.79 Å². The van der Waals surface area contributed by atoms with E-state index in [1.807, 2.05) is 44.8 Å². The van der Waals surface area contributed by atoms with Crippen molar-refractivity contribution in [1.29, 1.82) is 0 Å². The molecular formula is C16H21N3O2S. The molecule has 1 aliphatic rings. The van der Waals surface area contributed by atoms with Gasteiger partial charge in [-0.1, -0.05) is 0 Å². The van der Waals surface area contributed by atoms with Crippen molar-refractivity contribution in [1.82, 2.24) is 15.1 Å². The van der Waals surface area contributed by atoms with Gasteiger partial charge in [0.15, 0.2) is 0 Å². The van der Waals surface area contributed by atoms with Crippen LogP contribution in [0.3, 0.4) is 0 Å². The van der Waals surface area contributed by atoms with Crippen molar-refractivity contribution in [2.45, 2.75) is 42.9 Å². The summed E-state index contributed by atoms with van der Waals surface area (Å²) in [7, 11) is 0. The van der Waals surface area contributed by atoms with Crippen molar-refractivity contribution in [3.8, 4) is 0 Å². The van der Waals surface area contributed by atoms with Gasteiger partial charge < -0.3 is 9.64 Å². The second-order valence-electron chi connectivity index (χ2n) is 6.57. The maximum atomic E-state index is 12.1. The first-order valence-corrected chi connectivity index (χ1v) is 8.36. The lowest BCUT2D eigenvalue weighted by Crippen LogP contribution is -2.35. The van der Waals surface area contributed by atoms with Gasteiger partial charge in [0.2, 0.25) is 0 Å². The second kappa shape index (κ2) is 5.83. The Kier molecular flexibility index (Phi) is 4.04. The number of hydrogen-bond acceptors (Lipinski definition) is 4. The van der Waals surface area contributed by atoms with Gasteiger partial charge in [-0.3, -0.25) is 5.10 Å². The normalized spacial score (nSPS) is 18.9. The van der Waals surface area contributed by atoms with E-state index < -0.39 is 5.60 Å². The summed E-state index contributed by atoms with van der Waals surface area (Å²) in [6.45, 7) is 7.19. The number of nitrogens with zero attached hydrogens (tertiary/aromatic N) is 2. The van der Waals surface area contributed by atoms with Crippen LogP contribution in [0.15, 0.2) is 29.3 Å². The SMILES string of the molecule is CC(C)(C)OC(=O)N1CC[C@H](Sc2ccc3[nH]ncc3c2)C1. The highest BCUT2D eigenvalue weighted by Crippen LogP contribution is 2.31. The molecule has 0 saturated carbocycles. The van der Waals surface area contributed by atoms with Gasteiger partial charge >= 0.3 is 6.09 Å². The number of ether oxygens (including phenoxy) is 1. The lowest BCUT2D eigenvalue weighted by molar-refractivity contribution is 0.0295. The van der Waals surface area contributed by atoms with Crippen molar-refractivity contribution in [3.63, 3.8) is 0 Å². The van der Waals surface area contributed by atoms with Gasteiger partial charge in [-0.05, 0) is 45.4 Å². The molecule has 0 unspecified atom stereocenters. The summed E-state index contributed by atoms with van der Waals surface area (Å²) in [5.41, 5.74) is 0.611. The first-order chi connectivity index (χ1) is 10.4. The molecule has 6 heteroatoms. The average Bonchev–Trinajstić information content (AvgIpc) is 3.04. The van der Waals surface area contributed by atoms with E-state index in [0.29, 0.717) is 5.25 Å². The molecule has 1 aromatic carbocycles. The van der Waals surface area contributed by atoms with Crippen LogP contribution < -0.4 is 0 Å². The molecule has 22 heavy (non-hydrogen) atoms. The number of carbonyl (C=O) groups is 1. The summed E-state index contributed by atoms with van der Waals surface area (Å²) in [6, 6.07) is 6.28. The van der Waals surface area contributed by atoms with E-state index in [-0.39, 0.29) is 6.09 Å². The molecule has 0 aliphatic carbocycles. The number of thioether (sulfide) groups is 1. The third kappa shape index (κ3) is 3.55. The van der Waals surface area contributed by atoms with Crippen molar-refractivity contribution >= 4 is 28.8 Å². The minimum Gasteiger partial charge on any atom is -0.444 e. The predicted molar refractivity (Wildman–Crippen MR) is 88.2 cm³/mol. The zero-order valence-electron chi connectivity index (χ0n) is 13.1. The number of nitrogens with one attached hydrogen (secondary N) is 1. The Morgan fingerprint density at radius 3 is 3.05 bits per heavy atom. The number of amides is 1. The second-order valence-corrected chi connectivity index (χ2v) is 7.95. The molecule has 1 atom stereocenters. The van der Waals surface area contributed by atoms with E-state index in [2.05, 4.69) is 22.3 Å². The summed E-state index contributed by atoms with van der Waals surface area (Å²) in [6.07, 6.45) is 2.62. The minimum absolute atomic E-state index is 0.208. The molecule has 1 aromatic heterocycles. The fraction of sp³-hybridized carbons (Fsp3) is 0.500. The van der Waals surface area contributed by atoms with Crippen molar-refractivity contribution in [2.24, 2.45) is 0 Å². The van der Waals surface area contributed by atoms with Crippen LogP contribution in [-0.2, 0) is 4.74 Å². The van der Waals surface area contributed by atoms with E-state index in [1.54, 1.807) is 4.90 Å². The van der Waals surface area contributed by atoms with Crippen molar-refractivity contribution in [2.75, 3.05) is 13.1 Å². The fourth-order valence-electron chi connectivity index (χ4n) is 2.50. The molecule has 118 valence electrons. The first kappa shape index (κ1) is 15.2. The summed E-state index contributed by atoms with van der Waals surface area (Å²) in [5, 5.41) is 8.53.